The van der Waals surface area contributed by atoms with Crippen LogP contribution in [-0.2, 0) is 19.9 Å². The van der Waals surface area contributed by atoms with E-state index in [4.69, 9.17) is 5.26 Å². The topological polar surface area (TPSA) is 95.3 Å². The molecule has 0 aliphatic carbocycles. The number of hydrogen-bond acceptors (Lipinski definition) is 5. The third kappa shape index (κ3) is 3.15. The number of halogens is 1. The van der Waals surface area contributed by atoms with Crippen molar-refractivity contribution in [1.29, 1.82) is 5.26 Å². The van der Waals surface area contributed by atoms with Crippen molar-refractivity contribution < 1.29 is 21.2 Å². The fraction of sp³-hybridized carbons (Fsp3) is 0.364. The van der Waals surface area contributed by atoms with Crippen LogP contribution in [0.5, 0.6) is 0 Å². The Balaban J connectivity index is 3.51. The van der Waals surface area contributed by atoms with Crippen molar-refractivity contribution in [2.45, 2.75) is 22.8 Å². The molecule has 6 nitrogen and oxygen atoms in total. The second kappa shape index (κ2) is 5.47. The SMILES string of the molecule is CC(C#N)N(C)S(=O)(=O)c1cc(S(C)(=O)=O)ccc1F. The fourth-order valence-electron chi connectivity index (χ4n) is 1.36. The molecule has 0 aromatic heterocycles. The molecule has 20 heavy (non-hydrogen) atoms. The van der Waals surface area contributed by atoms with Crippen LogP contribution >= 0.6 is 0 Å². The largest absolute Gasteiger partial charge is 0.246 e. The summed E-state index contributed by atoms with van der Waals surface area (Å²) in [5.74, 6) is -1.07. The standard InChI is InChI=1S/C11H13FN2O4S2/c1-8(7-13)14(2)20(17,18)11-6-9(19(3,15)16)4-5-10(11)12/h4-6,8H,1-3H3. The Hall–Kier alpha value is -1.50. The molecule has 1 aromatic rings. The molecule has 0 spiro atoms. The van der Waals surface area contributed by atoms with E-state index in [1.165, 1.54) is 6.92 Å². The lowest BCUT2D eigenvalue weighted by molar-refractivity contribution is 0.436. The first-order valence-corrected chi connectivity index (χ1v) is 8.72. The predicted octanol–water partition coefficient (Wildman–Crippen LogP) is 0.762. The molecule has 0 aliphatic heterocycles. The van der Waals surface area contributed by atoms with Gasteiger partial charge in [-0.25, -0.2) is 21.2 Å². The van der Waals surface area contributed by atoms with E-state index >= 15 is 0 Å². The first-order chi connectivity index (χ1) is 9.01. The number of rotatable bonds is 4. The molecule has 1 rings (SSSR count). The van der Waals surface area contributed by atoms with Gasteiger partial charge in [0.1, 0.15) is 16.8 Å². The van der Waals surface area contributed by atoms with Gasteiger partial charge in [0.05, 0.1) is 11.0 Å². The Morgan fingerprint density at radius 3 is 2.30 bits per heavy atom. The summed E-state index contributed by atoms with van der Waals surface area (Å²) >= 11 is 0. The lowest BCUT2D eigenvalue weighted by Gasteiger charge is -2.19. The molecule has 0 amide bonds. The summed E-state index contributed by atoms with van der Waals surface area (Å²) in [5.41, 5.74) is 0. The van der Waals surface area contributed by atoms with Gasteiger partial charge in [0, 0.05) is 13.3 Å². The average Bonchev–Trinajstić information content (AvgIpc) is 2.35. The highest BCUT2D eigenvalue weighted by atomic mass is 32.2. The Bertz CT molecular complexity index is 766. The van der Waals surface area contributed by atoms with Crippen molar-refractivity contribution in [3.8, 4) is 6.07 Å². The van der Waals surface area contributed by atoms with Crippen LogP contribution in [0.4, 0.5) is 4.39 Å². The van der Waals surface area contributed by atoms with Crippen molar-refractivity contribution in [2.75, 3.05) is 13.3 Å². The van der Waals surface area contributed by atoms with Gasteiger partial charge in [-0.1, -0.05) is 0 Å². The zero-order valence-corrected chi connectivity index (χ0v) is 12.7. The highest BCUT2D eigenvalue weighted by Gasteiger charge is 2.29. The number of sulfone groups is 1. The molecule has 0 radical (unpaired) electrons. The van der Waals surface area contributed by atoms with Crippen LogP contribution in [0.25, 0.3) is 0 Å². The summed E-state index contributed by atoms with van der Waals surface area (Å²) in [6.45, 7) is 1.33. The first-order valence-electron chi connectivity index (χ1n) is 5.39. The average molecular weight is 320 g/mol. The van der Waals surface area contributed by atoms with Crippen LogP contribution in [0.15, 0.2) is 28.0 Å². The van der Waals surface area contributed by atoms with E-state index in [2.05, 4.69) is 0 Å². The van der Waals surface area contributed by atoms with E-state index in [1.807, 2.05) is 0 Å². The number of benzene rings is 1. The minimum absolute atomic E-state index is 0.310. The minimum Gasteiger partial charge on any atom is -0.224 e. The zero-order chi connectivity index (χ0) is 15.7. The molecule has 0 fully saturated rings. The minimum atomic E-state index is -4.29. The summed E-state index contributed by atoms with van der Waals surface area (Å²) in [4.78, 5) is -1.08. The van der Waals surface area contributed by atoms with Gasteiger partial charge in [-0.05, 0) is 25.1 Å². The highest BCUT2D eigenvalue weighted by molar-refractivity contribution is 7.91. The van der Waals surface area contributed by atoms with Gasteiger partial charge in [-0.3, -0.25) is 0 Å². The zero-order valence-electron chi connectivity index (χ0n) is 11.0. The number of nitriles is 1. The molecule has 0 N–H and O–H groups in total. The molecule has 110 valence electrons. The van der Waals surface area contributed by atoms with Gasteiger partial charge in [0.2, 0.25) is 10.0 Å². The van der Waals surface area contributed by atoms with Gasteiger partial charge in [0.15, 0.2) is 9.84 Å². The fourth-order valence-corrected chi connectivity index (χ4v) is 3.44. The quantitative estimate of drug-likeness (QED) is 0.763. The summed E-state index contributed by atoms with van der Waals surface area (Å²) in [6, 6.07) is 3.20. The molecule has 1 aromatic carbocycles. The van der Waals surface area contributed by atoms with Gasteiger partial charge >= 0.3 is 0 Å². The summed E-state index contributed by atoms with van der Waals surface area (Å²) in [6.07, 6.45) is 0.887. The molecule has 0 saturated carbocycles. The monoisotopic (exact) mass is 320 g/mol. The Kier molecular flexibility index (Phi) is 4.53. The van der Waals surface area contributed by atoms with Crippen LogP contribution in [-0.4, -0.2) is 40.5 Å². The maximum absolute atomic E-state index is 13.7. The lowest BCUT2D eigenvalue weighted by Crippen LogP contribution is -2.34. The second-order valence-electron chi connectivity index (χ2n) is 4.19. The van der Waals surface area contributed by atoms with E-state index in [0.717, 1.165) is 31.5 Å². The van der Waals surface area contributed by atoms with Gasteiger partial charge in [0.25, 0.3) is 0 Å². The van der Waals surface area contributed by atoms with Crippen LogP contribution in [0.3, 0.4) is 0 Å². The maximum atomic E-state index is 13.7. The van der Waals surface area contributed by atoms with E-state index in [1.54, 1.807) is 6.07 Å². The lowest BCUT2D eigenvalue weighted by atomic mass is 10.3. The Morgan fingerprint density at radius 2 is 1.85 bits per heavy atom. The normalized spacial score (nSPS) is 14.0. The third-order valence-electron chi connectivity index (χ3n) is 2.72. The van der Waals surface area contributed by atoms with Gasteiger partial charge < -0.3 is 0 Å². The number of hydrogen-bond donors (Lipinski definition) is 0. The molecule has 9 heteroatoms. The molecule has 0 bridgehead atoms. The third-order valence-corrected chi connectivity index (χ3v) is 5.77. The van der Waals surface area contributed by atoms with Crippen molar-refractivity contribution in [1.82, 2.24) is 4.31 Å². The summed E-state index contributed by atoms with van der Waals surface area (Å²) in [5, 5.41) is 8.72. The maximum Gasteiger partial charge on any atom is 0.246 e. The molecule has 1 atom stereocenters. The van der Waals surface area contributed by atoms with Crippen LogP contribution in [0, 0.1) is 17.1 Å². The van der Waals surface area contributed by atoms with Crippen molar-refractivity contribution in [3.05, 3.63) is 24.0 Å². The highest BCUT2D eigenvalue weighted by Crippen LogP contribution is 2.23. The first kappa shape index (κ1) is 16.6. The van der Waals surface area contributed by atoms with E-state index in [9.17, 15) is 21.2 Å². The summed E-state index contributed by atoms with van der Waals surface area (Å²) < 4.78 is 61.5. The second-order valence-corrected chi connectivity index (χ2v) is 8.17. The molecule has 0 heterocycles. The van der Waals surface area contributed by atoms with Crippen LogP contribution in [0.1, 0.15) is 6.92 Å². The van der Waals surface area contributed by atoms with Crippen molar-refractivity contribution in [2.24, 2.45) is 0 Å². The van der Waals surface area contributed by atoms with E-state index in [-0.39, 0.29) is 4.90 Å². The molecule has 0 saturated heterocycles. The molecule has 0 aliphatic rings. The van der Waals surface area contributed by atoms with Gasteiger partial charge in [-0.15, -0.1) is 0 Å². The van der Waals surface area contributed by atoms with Gasteiger partial charge in [-0.2, -0.15) is 9.57 Å². The summed E-state index contributed by atoms with van der Waals surface area (Å²) in [7, 11) is -6.84. The smallest absolute Gasteiger partial charge is 0.224 e. The van der Waals surface area contributed by atoms with Crippen LogP contribution in [0.2, 0.25) is 0 Å². The van der Waals surface area contributed by atoms with Crippen molar-refractivity contribution in [3.63, 3.8) is 0 Å². The van der Waals surface area contributed by atoms with E-state index < -0.39 is 36.6 Å². The van der Waals surface area contributed by atoms with Crippen LogP contribution < -0.4 is 0 Å². The predicted molar refractivity (Wildman–Crippen MR) is 69.5 cm³/mol. The molecular weight excluding hydrogens is 307 g/mol. The number of sulfonamides is 1. The Morgan fingerprint density at radius 1 is 1.30 bits per heavy atom. The Labute approximate surface area is 117 Å². The molecule has 1 unspecified atom stereocenters. The van der Waals surface area contributed by atoms with Crippen molar-refractivity contribution >= 4 is 19.9 Å². The van der Waals surface area contributed by atoms with E-state index in [0.29, 0.717) is 4.31 Å². The molecular formula is C11H13FN2O4S2. The number of nitrogens with zero attached hydrogens (tertiary/aromatic N) is 2.